The first-order chi connectivity index (χ1) is 7.74. The quantitative estimate of drug-likeness (QED) is 0.872. The van der Waals surface area contributed by atoms with E-state index in [1.54, 1.807) is 0 Å². The lowest BCUT2D eigenvalue weighted by molar-refractivity contribution is 0.150. The second kappa shape index (κ2) is 5.17. The molecule has 0 saturated carbocycles. The van der Waals surface area contributed by atoms with Crippen molar-refractivity contribution in [3.05, 3.63) is 34.9 Å². The molecule has 88 valence electrons. The lowest BCUT2D eigenvalue weighted by atomic mass is 9.81. The fourth-order valence-electron chi connectivity index (χ4n) is 2.45. The van der Waals surface area contributed by atoms with Gasteiger partial charge in [0.25, 0.3) is 0 Å². The number of nitrogens with one attached hydrogen (secondary N) is 1. The van der Waals surface area contributed by atoms with Gasteiger partial charge in [0.2, 0.25) is 0 Å². The first kappa shape index (κ1) is 11.9. The number of ether oxygens (including phenoxy) is 1. The SMILES string of the molecule is CNCC1(Cc2cccc(Cl)c2)CCOC1. The minimum atomic E-state index is 0.249. The summed E-state index contributed by atoms with van der Waals surface area (Å²) in [4.78, 5) is 0. The molecule has 1 aliphatic heterocycles. The van der Waals surface area contributed by atoms with Crippen LogP contribution in [-0.2, 0) is 11.2 Å². The van der Waals surface area contributed by atoms with Crippen LogP contribution >= 0.6 is 11.6 Å². The number of rotatable bonds is 4. The van der Waals surface area contributed by atoms with Crippen LogP contribution in [0.5, 0.6) is 0 Å². The van der Waals surface area contributed by atoms with Crippen LogP contribution in [0.3, 0.4) is 0 Å². The van der Waals surface area contributed by atoms with Crippen LogP contribution in [0.4, 0.5) is 0 Å². The smallest absolute Gasteiger partial charge is 0.0538 e. The summed E-state index contributed by atoms with van der Waals surface area (Å²) in [6.45, 7) is 2.72. The minimum Gasteiger partial charge on any atom is -0.381 e. The van der Waals surface area contributed by atoms with E-state index >= 15 is 0 Å². The van der Waals surface area contributed by atoms with Gasteiger partial charge in [-0.2, -0.15) is 0 Å². The zero-order valence-corrected chi connectivity index (χ0v) is 10.4. The summed E-state index contributed by atoms with van der Waals surface area (Å²) in [7, 11) is 2.00. The van der Waals surface area contributed by atoms with Gasteiger partial charge in [-0.1, -0.05) is 23.7 Å². The van der Waals surface area contributed by atoms with Gasteiger partial charge in [0.15, 0.2) is 0 Å². The Morgan fingerprint density at radius 3 is 3.00 bits per heavy atom. The monoisotopic (exact) mass is 239 g/mol. The molecule has 1 aromatic rings. The van der Waals surface area contributed by atoms with Crippen LogP contribution in [0.2, 0.25) is 5.02 Å². The maximum absolute atomic E-state index is 6.01. The molecule has 0 spiro atoms. The van der Waals surface area contributed by atoms with Crippen molar-refractivity contribution in [1.82, 2.24) is 5.32 Å². The van der Waals surface area contributed by atoms with Crippen LogP contribution in [-0.4, -0.2) is 26.8 Å². The second-order valence-corrected chi connectivity index (χ2v) is 5.08. The Labute approximate surface area is 102 Å². The van der Waals surface area contributed by atoms with Crippen LogP contribution in [0.15, 0.2) is 24.3 Å². The van der Waals surface area contributed by atoms with Crippen molar-refractivity contribution in [2.75, 3.05) is 26.8 Å². The third kappa shape index (κ3) is 2.76. The summed E-state index contributed by atoms with van der Waals surface area (Å²) < 4.78 is 5.54. The van der Waals surface area contributed by atoms with Crippen molar-refractivity contribution in [3.63, 3.8) is 0 Å². The molecule has 1 saturated heterocycles. The van der Waals surface area contributed by atoms with E-state index < -0.39 is 0 Å². The molecule has 0 bridgehead atoms. The predicted molar refractivity (Wildman–Crippen MR) is 67.0 cm³/mol. The summed E-state index contributed by atoms with van der Waals surface area (Å²) in [6, 6.07) is 8.13. The normalized spacial score (nSPS) is 24.9. The van der Waals surface area contributed by atoms with E-state index in [4.69, 9.17) is 16.3 Å². The molecule has 0 aromatic heterocycles. The molecule has 0 amide bonds. The summed E-state index contributed by atoms with van der Waals surface area (Å²) in [6.07, 6.45) is 2.16. The Balaban J connectivity index is 2.11. The zero-order valence-electron chi connectivity index (χ0n) is 9.63. The van der Waals surface area contributed by atoms with Gasteiger partial charge in [-0.25, -0.2) is 0 Å². The maximum Gasteiger partial charge on any atom is 0.0538 e. The highest BCUT2D eigenvalue weighted by atomic mass is 35.5. The van der Waals surface area contributed by atoms with Crippen LogP contribution in [0, 0.1) is 5.41 Å². The minimum absolute atomic E-state index is 0.249. The van der Waals surface area contributed by atoms with E-state index in [9.17, 15) is 0 Å². The third-order valence-electron chi connectivity index (χ3n) is 3.20. The lowest BCUT2D eigenvalue weighted by Crippen LogP contribution is -2.35. The van der Waals surface area contributed by atoms with Crippen molar-refractivity contribution in [3.8, 4) is 0 Å². The van der Waals surface area contributed by atoms with E-state index in [1.807, 2.05) is 19.2 Å². The fourth-order valence-corrected chi connectivity index (χ4v) is 2.66. The molecular weight excluding hydrogens is 222 g/mol. The van der Waals surface area contributed by atoms with Gasteiger partial charge in [0.1, 0.15) is 0 Å². The molecule has 0 radical (unpaired) electrons. The van der Waals surface area contributed by atoms with Crippen molar-refractivity contribution in [2.24, 2.45) is 5.41 Å². The Kier molecular flexibility index (Phi) is 3.85. The summed E-state index contributed by atoms with van der Waals surface area (Å²) in [5.74, 6) is 0. The molecule has 2 rings (SSSR count). The lowest BCUT2D eigenvalue weighted by Gasteiger charge is -2.27. The standard InChI is InChI=1S/C13H18ClNO/c1-15-9-13(5-6-16-10-13)8-11-3-2-4-12(14)7-11/h2-4,7,15H,5-6,8-10H2,1H3. The van der Waals surface area contributed by atoms with Crippen molar-refractivity contribution < 1.29 is 4.74 Å². The molecule has 16 heavy (non-hydrogen) atoms. The molecule has 1 heterocycles. The molecule has 1 aromatic carbocycles. The molecule has 1 atom stereocenters. The maximum atomic E-state index is 6.01. The van der Waals surface area contributed by atoms with E-state index in [1.165, 1.54) is 5.56 Å². The molecule has 2 nitrogen and oxygen atoms in total. The summed E-state index contributed by atoms with van der Waals surface area (Å²) in [5, 5.41) is 4.09. The Hall–Kier alpha value is -0.570. The average molecular weight is 240 g/mol. The van der Waals surface area contributed by atoms with Crippen LogP contribution in [0.1, 0.15) is 12.0 Å². The number of halogens is 1. The van der Waals surface area contributed by atoms with Gasteiger partial charge in [0, 0.05) is 23.6 Å². The van der Waals surface area contributed by atoms with Gasteiger partial charge < -0.3 is 10.1 Å². The van der Waals surface area contributed by atoms with Crippen molar-refractivity contribution in [2.45, 2.75) is 12.8 Å². The highest BCUT2D eigenvalue weighted by Gasteiger charge is 2.34. The van der Waals surface area contributed by atoms with E-state index in [2.05, 4.69) is 17.4 Å². The third-order valence-corrected chi connectivity index (χ3v) is 3.44. The van der Waals surface area contributed by atoms with E-state index in [0.29, 0.717) is 0 Å². The molecule has 1 N–H and O–H groups in total. The highest BCUT2D eigenvalue weighted by Crippen LogP contribution is 2.32. The number of hydrogen-bond donors (Lipinski definition) is 1. The van der Waals surface area contributed by atoms with E-state index in [-0.39, 0.29) is 5.41 Å². The van der Waals surface area contributed by atoms with Gasteiger partial charge in [-0.15, -0.1) is 0 Å². The highest BCUT2D eigenvalue weighted by molar-refractivity contribution is 6.30. The Morgan fingerprint density at radius 2 is 2.38 bits per heavy atom. The van der Waals surface area contributed by atoms with Crippen molar-refractivity contribution in [1.29, 1.82) is 0 Å². The van der Waals surface area contributed by atoms with Gasteiger partial charge in [0.05, 0.1) is 6.61 Å². The second-order valence-electron chi connectivity index (χ2n) is 4.64. The Bertz CT molecular complexity index is 348. The predicted octanol–water partition coefficient (Wildman–Crippen LogP) is 2.51. The average Bonchev–Trinajstić information content (AvgIpc) is 2.67. The topological polar surface area (TPSA) is 21.3 Å². The van der Waals surface area contributed by atoms with Crippen LogP contribution in [0.25, 0.3) is 0 Å². The van der Waals surface area contributed by atoms with E-state index in [0.717, 1.165) is 37.6 Å². The number of benzene rings is 1. The number of hydrogen-bond acceptors (Lipinski definition) is 2. The largest absolute Gasteiger partial charge is 0.381 e. The van der Waals surface area contributed by atoms with Gasteiger partial charge in [-0.3, -0.25) is 0 Å². The molecular formula is C13H18ClNO. The molecule has 0 aliphatic carbocycles. The Morgan fingerprint density at radius 1 is 1.50 bits per heavy atom. The summed E-state index contributed by atoms with van der Waals surface area (Å²) >= 11 is 6.01. The summed E-state index contributed by atoms with van der Waals surface area (Å²) in [5.41, 5.74) is 1.55. The van der Waals surface area contributed by atoms with Gasteiger partial charge in [-0.05, 0) is 37.6 Å². The van der Waals surface area contributed by atoms with Crippen LogP contribution < -0.4 is 5.32 Å². The fraction of sp³-hybridized carbons (Fsp3) is 0.538. The molecule has 1 aliphatic rings. The van der Waals surface area contributed by atoms with Gasteiger partial charge >= 0.3 is 0 Å². The first-order valence-electron chi connectivity index (χ1n) is 5.71. The molecule has 1 unspecified atom stereocenters. The van der Waals surface area contributed by atoms with Crippen molar-refractivity contribution >= 4 is 11.6 Å². The molecule has 3 heteroatoms. The molecule has 1 fully saturated rings. The zero-order chi connectivity index (χ0) is 11.4. The first-order valence-corrected chi connectivity index (χ1v) is 6.09.